The van der Waals surface area contributed by atoms with E-state index in [4.69, 9.17) is 22.1 Å². The zero-order chi connectivity index (χ0) is 10.3. The second-order valence-corrected chi connectivity index (χ2v) is 5.12. The summed E-state index contributed by atoms with van der Waals surface area (Å²) in [6.07, 6.45) is 1.41. The van der Waals surface area contributed by atoms with Crippen molar-refractivity contribution in [2.75, 3.05) is 7.11 Å². The Balaban J connectivity index is 2.45. The summed E-state index contributed by atoms with van der Waals surface area (Å²) in [7, 11) is 1.35. The Kier molecular flexibility index (Phi) is 2.29. The quantitative estimate of drug-likeness (QED) is 0.749. The molecule has 0 radical (unpaired) electrons. The van der Waals surface area contributed by atoms with Gasteiger partial charge in [-0.05, 0) is 24.5 Å². The Morgan fingerprint density at radius 2 is 2.50 bits per heavy atom. The van der Waals surface area contributed by atoms with E-state index in [2.05, 4.69) is 0 Å². The molecule has 0 aromatic carbocycles. The zero-order valence-corrected chi connectivity index (χ0v) is 9.24. The molecule has 14 heavy (non-hydrogen) atoms. The number of fused-ring (bicyclic) bond motifs is 1. The van der Waals surface area contributed by atoms with Gasteiger partial charge in [-0.1, -0.05) is 11.6 Å². The van der Waals surface area contributed by atoms with Crippen LogP contribution in [0.15, 0.2) is 6.07 Å². The highest BCUT2D eigenvalue weighted by molar-refractivity contribution is 7.16. The molecule has 5 heteroatoms. The fourth-order valence-electron chi connectivity index (χ4n) is 1.80. The maximum Gasteiger partial charge on any atom is 0.330 e. The molecule has 0 amide bonds. The summed E-state index contributed by atoms with van der Waals surface area (Å²) in [5.41, 5.74) is 5.87. The normalized spacial score (nSPS) is 24.8. The number of carbonyl (C=O) groups excluding carboxylic acids is 1. The van der Waals surface area contributed by atoms with Crippen molar-refractivity contribution in [3.63, 3.8) is 0 Å². The number of ether oxygens (including phenoxy) is 1. The van der Waals surface area contributed by atoms with Crippen LogP contribution in [-0.4, -0.2) is 13.1 Å². The van der Waals surface area contributed by atoms with Crippen molar-refractivity contribution in [1.82, 2.24) is 0 Å². The van der Waals surface area contributed by atoms with Gasteiger partial charge >= 0.3 is 5.97 Å². The first-order valence-corrected chi connectivity index (χ1v) is 5.43. The van der Waals surface area contributed by atoms with E-state index in [1.165, 1.54) is 18.4 Å². The number of rotatable bonds is 1. The lowest BCUT2D eigenvalue weighted by atomic mass is 9.95. The average Bonchev–Trinajstić information content (AvgIpc) is 2.66. The Labute approximate surface area is 90.8 Å². The van der Waals surface area contributed by atoms with Crippen molar-refractivity contribution in [2.45, 2.75) is 18.4 Å². The van der Waals surface area contributed by atoms with E-state index in [0.29, 0.717) is 10.8 Å². The minimum Gasteiger partial charge on any atom is -0.467 e. The summed E-state index contributed by atoms with van der Waals surface area (Å²) in [4.78, 5) is 12.6. The van der Waals surface area contributed by atoms with E-state index >= 15 is 0 Å². The summed E-state index contributed by atoms with van der Waals surface area (Å²) in [6.45, 7) is 0. The highest BCUT2D eigenvalue weighted by Gasteiger charge is 2.44. The Morgan fingerprint density at radius 1 is 1.79 bits per heavy atom. The molecule has 0 saturated heterocycles. The van der Waals surface area contributed by atoms with Gasteiger partial charge in [0.05, 0.1) is 11.4 Å². The van der Waals surface area contributed by atoms with Crippen molar-refractivity contribution in [3.8, 4) is 0 Å². The van der Waals surface area contributed by atoms with Crippen molar-refractivity contribution >= 4 is 28.9 Å². The van der Waals surface area contributed by atoms with Gasteiger partial charge in [-0.15, -0.1) is 11.3 Å². The van der Waals surface area contributed by atoms with Gasteiger partial charge in [0.15, 0.2) is 0 Å². The van der Waals surface area contributed by atoms with E-state index in [1.54, 1.807) is 6.07 Å². The monoisotopic (exact) mass is 231 g/mol. The first-order valence-electron chi connectivity index (χ1n) is 4.24. The molecule has 2 N–H and O–H groups in total. The average molecular weight is 232 g/mol. The molecule has 1 atom stereocenters. The lowest BCUT2D eigenvalue weighted by Crippen LogP contribution is -2.43. The van der Waals surface area contributed by atoms with Gasteiger partial charge < -0.3 is 10.5 Å². The topological polar surface area (TPSA) is 52.3 Å². The van der Waals surface area contributed by atoms with Gasteiger partial charge in [0.25, 0.3) is 0 Å². The third-order valence-electron chi connectivity index (χ3n) is 2.56. The molecule has 2 rings (SSSR count). The van der Waals surface area contributed by atoms with Crippen molar-refractivity contribution in [1.29, 1.82) is 0 Å². The van der Waals surface area contributed by atoms with Gasteiger partial charge in [-0.2, -0.15) is 0 Å². The molecule has 1 unspecified atom stereocenters. The molecule has 1 aromatic heterocycles. The number of methoxy groups -OCH3 is 1. The number of thiophene rings is 1. The predicted molar refractivity (Wildman–Crippen MR) is 55.5 cm³/mol. The van der Waals surface area contributed by atoms with Crippen molar-refractivity contribution in [3.05, 3.63) is 20.8 Å². The zero-order valence-electron chi connectivity index (χ0n) is 7.67. The molecule has 76 valence electrons. The highest BCUT2D eigenvalue weighted by atomic mass is 35.5. The highest BCUT2D eigenvalue weighted by Crippen LogP contribution is 2.42. The number of aryl methyl sites for hydroxylation is 1. The lowest BCUT2D eigenvalue weighted by Gasteiger charge is -2.20. The van der Waals surface area contributed by atoms with E-state index in [0.717, 1.165) is 16.9 Å². The molecule has 0 saturated carbocycles. The van der Waals surface area contributed by atoms with Gasteiger partial charge in [0, 0.05) is 4.88 Å². The van der Waals surface area contributed by atoms with Crippen LogP contribution in [0.2, 0.25) is 4.34 Å². The number of hydrogen-bond donors (Lipinski definition) is 1. The third kappa shape index (κ3) is 1.26. The maximum atomic E-state index is 11.5. The van der Waals surface area contributed by atoms with Gasteiger partial charge in [-0.25, -0.2) is 4.79 Å². The van der Waals surface area contributed by atoms with Gasteiger partial charge in [0.2, 0.25) is 0 Å². The van der Waals surface area contributed by atoms with Crippen LogP contribution in [0.5, 0.6) is 0 Å². The van der Waals surface area contributed by atoms with Crippen LogP contribution in [-0.2, 0) is 21.5 Å². The molecule has 3 nitrogen and oxygen atoms in total. The number of hydrogen-bond acceptors (Lipinski definition) is 4. The first kappa shape index (κ1) is 9.96. The summed E-state index contributed by atoms with van der Waals surface area (Å²) in [5.74, 6) is -0.384. The Morgan fingerprint density at radius 3 is 3.14 bits per heavy atom. The molecule has 0 fully saturated rings. The molecule has 1 aromatic rings. The van der Waals surface area contributed by atoms with Crippen LogP contribution in [0.1, 0.15) is 16.9 Å². The number of carbonyl (C=O) groups is 1. The SMILES string of the molecule is COC(=O)C1(N)CCc2sc(Cl)cc21. The summed E-state index contributed by atoms with van der Waals surface area (Å²) >= 11 is 7.35. The Bertz CT molecular complexity index is 390. The molecule has 0 spiro atoms. The number of nitrogens with two attached hydrogens (primary N) is 1. The molecular weight excluding hydrogens is 222 g/mol. The van der Waals surface area contributed by atoms with E-state index in [1.807, 2.05) is 0 Å². The second kappa shape index (κ2) is 3.22. The maximum absolute atomic E-state index is 11.5. The van der Waals surface area contributed by atoms with Crippen LogP contribution < -0.4 is 5.73 Å². The molecule has 1 aliphatic carbocycles. The number of esters is 1. The second-order valence-electron chi connectivity index (χ2n) is 3.35. The van der Waals surface area contributed by atoms with E-state index in [-0.39, 0.29) is 5.97 Å². The van der Waals surface area contributed by atoms with E-state index in [9.17, 15) is 4.79 Å². The van der Waals surface area contributed by atoms with Gasteiger partial charge in [0.1, 0.15) is 5.54 Å². The minimum atomic E-state index is -0.978. The summed E-state index contributed by atoms with van der Waals surface area (Å²) < 4.78 is 5.38. The van der Waals surface area contributed by atoms with Crippen LogP contribution in [0.4, 0.5) is 0 Å². The van der Waals surface area contributed by atoms with Crippen LogP contribution in [0.25, 0.3) is 0 Å². The number of halogens is 1. The Hall–Kier alpha value is -0.580. The lowest BCUT2D eigenvalue weighted by molar-refractivity contribution is -0.147. The summed E-state index contributed by atoms with van der Waals surface area (Å²) in [6, 6.07) is 1.77. The largest absolute Gasteiger partial charge is 0.467 e. The molecule has 0 bridgehead atoms. The third-order valence-corrected chi connectivity index (χ3v) is 3.88. The minimum absolute atomic E-state index is 0.384. The van der Waals surface area contributed by atoms with E-state index < -0.39 is 5.54 Å². The standard InChI is InChI=1S/C9H10ClNO2S/c1-13-8(12)9(11)3-2-6-5(9)4-7(10)14-6/h4H,2-3,11H2,1H3. The fourth-order valence-corrected chi connectivity index (χ4v) is 3.15. The molecule has 1 heterocycles. The van der Waals surface area contributed by atoms with Gasteiger partial charge in [-0.3, -0.25) is 0 Å². The van der Waals surface area contributed by atoms with Crippen molar-refractivity contribution in [2.24, 2.45) is 5.73 Å². The molecule has 1 aliphatic rings. The van der Waals surface area contributed by atoms with Crippen molar-refractivity contribution < 1.29 is 9.53 Å². The molecular formula is C9H10ClNO2S. The predicted octanol–water partition coefficient (Wildman–Crippen LogP) is 1.67. The fraction of sp³-hybridized carbons (Fsp3) is 0.444. The summed E-state index contributed by atoms with van der Waals surface area (Å²) in [5, 5.41) is 0. The first-order chi connectivity index (χ1) is 6.58. The van der Waals surface area contributed by atoms with Crippen LogP contribution in [0.3, 0.4) is 0 Å². The van der Waals surface area contributed by atoms with Crippen LogP contribution >= 0.6 is 22.9 Å². The smallest absolute Gasteiger partial charge is 0.330 e. The van der Waals surface area contributed by atoms with Crippen LogP contribution in [0, 0.1) is 0 Å². The molecule has 0 aliphatic heterocycles.